The fourth-order valence-corrected chi connectivity index (χ4v) is 1.30. The molecule has 1 aromatic rings. The summed E-state index contributed by atoms with van der Waals surface area (Å²) in [7, 11) is 0. The molecule has 0 fully saturated rings. The lowest BCUT2D eigenvalue weighted by Crippen LogP contribution is -2.01. The fourth-order valence-electron chi connectivity index (χ4n) is 0.959. The van der Waals surface area contributed by atoms with Crippen molar-refractivity contribution in [1.82, 2.24) is 4.98 Å². The summed E-state index contributed by atoms with van der Waals surface area (Å²) in [6.07, 6.45) is -2.36. The normalized spacial score (nSPS) is 10.3. The third kappa shape index (κ3) is 2.04. The molecule has 1 aromatic heterocycles. The number of hydrogen-bond acceptors (Lipinski definition) is 2. The van der Waals surface area contributed by atoms with Crippen molar-refractivity contribution in [2.45, 2.75) is 12.8 Å². The van der Waals surface area contributed by atoms with Crippen LogP contribution in [0, 0.1) is 17.1 Å². The molecule has 1 rings (SSSR count). The van der Waals surface area contributed by atoms with E-state index in [9.17, 15) is 13.2 Å². The molecule has 74 valence electrons. The zero-order valence-electron chi connectivity index (χ0n) is 6.77. The minimum Gasteiger partial charge on any atom is -0.246 e. The molecule has 0 amide bonds. The summed E-state index contributed by atoms with van der Waals surface area (Å²) < 4.78 is 37.7. The van der Waals surface area contributed by atoms with Crippen LogP contribution in [0.1, 0.15) is 17.6 Å². The van der Waals surface area contributed by atoms with Crippen molar-refractivity contribution in [2.24, 2.45) is 0 Å². The molecule has 0 aromatic carbocycles. The lowest BCUT2D eigenvalue weighted by Gasteiger charge is -2.06. The van der Waals surface area contributed by atoms with Crippen LogP contribution in [0.3, 0.4) is 0 Å². The van der Waals surface area contributed by atoms with Crippen molar-refractivity contribution >= 4 is 15.9 Å². The Morgan fingerprint density at radius 3 is 2.71 bits per heavy atom. The van der Waals surface area contributed by atoms with Crippen LogP contribution in [0.4, 0.5) is 13.2 Å². The molecule has 0 saturated heterocycles. The average molecular weight is 265 g/mol. The highest BCUT2D eigenvalue weighted by molar-refractivity contribution is 9.10. The van der Waals surface area contributed by atoms with Gasteiger partial charge >= 0.3 is 0 Å². The largest absolute Gasteiger partial charge is 0.265 e. The van der Waals surface area contributed by atoms with E-state index in [1.54, 1.807) is 6.07 Å². The molecule has 0 N–H and O–H groups in total. The van der Waals surface area contributed by atoms with Gasteiger partial charge in [0.25, 0.3) is 6.43 Å². The molecule has 0 aliphatic rings. The van der Waals surface area contributed by atoms with Gasteiger partial charge in [-0.15, -0.1) is 0 Å². The maximum atomic E-state index is 13.2. The van der Waals surface area contributed by atoms with Crippen LogP contribution < -0.4 is 0 Å². The standard InChI is InChI=1S/C8H4BrF3N2/c9-7-6(10)4(1-2-13)5(3-14-7)8(11)12/h3,8H,1H2. The summed E-state index contributed by atoms with van der Waals surface area (Å²) in [6.45, 7) is 0. The lowest BCUT2D eigenvalue weighted by molar-refractivity contribution is 0.149. The number of nitriles is 1. The number of halogens is 4. The molecule has 14 heavy (non-hydrogen) atoms. The summed E-state index contributed by atoms with van der Waals surface area (Å²) in [4.78, 5) is 3.40. The van der Waals surface area contributed by atoms with E-state index in [1.807, 2.05) is 0 Å². The van der Waals surface area contributed by atoms with Gasteiger partial charge in [-0.2, -0.15) is 5.26 Å². The van der Waals surface area contributed by atoms with Crippen LogP contribution in [-0.2, 0) is 6.42 Å². The van der Waals surface area contributed by atoms with Gasteiger partial charge in [-0.25, -0.2) is 18.2 Å². The zero-order valence-corrected chi connectivity index (χ0v) is 8.35. The number of hydrogen-bond donors (Lipinski definition) is 0. The van der Waals surface area contributed by atoms with Crippen molar-refractivity contribution in [3.05, 3.63) is 27.7 Å². The Labute approximate surface area is 86.5 Å². The molecular formula is C8H4BrF3N2. The second-order valence-electron chi connectivity index (χ2n) is 2.43. The first-order valence-electron chi connectivity index (χ1n) is 3.55. The topological polar surface area (TPSA) is 36.7 Å². The van der Waals surface area contributed by atoms with E-state index >= 15 is 0 Å². The predicted octanol–water partition coefficient (Wildman–Crippen LogP) is 2.99. The Morgan fingerprint density at radius 1 is 1.57 bits per heavy atom. The molecule has 2 nitrogen and oxygen atoms in total. The van der Waals surface area contributed by atoms with E-state index in [0.717, 1.165) is 6.20 Å². The van der Waals surface area contributed by atoms with Crippen LogP contribution in [0.25, 0.3) is 0 Å². The van der Waals surface area contributed by atoms with Crippen molar-refractivity contribution in [2.75, 3.05) is 0 Å². The first-order valence-corrected chi connectivity index (χ1v) is 4.35. The van der Waals surface area contributed by atoms with Crippen LogP contribution in [0.2, 0.25) is 0 Å². The molecule has 0 aliphatic heterocycles. The molecule has 0 aliphatic carbocycles. The molecule has 0 unspecified atom stereocenters. The van der Waals surface area contributed by atoms with E-state index < -0.39 is 24.2 Å². The Bertz CT molecular complexity index is 387. The number of nitrogens with zero attached hydrogens (tertiary/aromatic N) is 2. The van der Waals surface area contributed by atoms with E-state index in [4.69, 9.17) is 5.26 Å². The smallest absolute Gasteiger partial charge is 0.246 e. The summed E-state index contributed by atoms with van der Waals surface area (Å²) >= 11 is 2.76. The summed E-state index contributed by atoms with van der Waals surface area (Å²) in [6, 6.07) is 1.63. The van der Waals surface area contributed by atoms with Crippen LogP contribution in [0.15, 0.2) is 10.8 Å². The predicted molar refractivity (Wildman–Crippen MR) is 46.2 cm³/mol. The van der Waals surface area contributed by atoms with Crippen molar-refractivity contribution < 1.29 is 13.2 Å². The molecule has 0 atom stereocenters. The van der Waals surface area contributed by atoms with Gasteiger partial charge in [-0.3, -0.25) is 0 Å². The highest BCUT2D eigenvalue weighted by Crippen LogP contribution is 2.27. The second kappa shape index (κ2) is 4.42. The van der Waals surface area contributed by atoms with Crippen LogP contribution in [0.5, 0.6) is 0 Å². The molecule has 6 heteroatoms. The Kier molecular flexibility index (Phi) is 3.47. The third-order valence-corrected chi connectivity index (χ3v) is 2.16. The van der Waals surface area contributed by atoms with Gasteiger partial charge in [0.15, 0.2) is 5.82 Å². The Balaban J connectivity index is 3.31. The van der Waals surface area contributed by atoms with Gasteiger partial charge in [0.1, 0.15) is 4.60 Å². The first kappa shape index (κ1) is 11.0. The van der Waals surface area contributed by atoms with Crippen LogP contribution in [-0.4, -0.2) is 4.98 Å². The van der Waals surface area contributed by atoms with E-state index in [1.165, 1.54) is 0 Å². The molecular weight excluding hydrogens is 261 g/mol. The molecule has 0 spiro atoms. The number of aromatic nitrogens is 1. The minimum absolute atomic E-state index is 0.160. The van der Waals surface area contributed by atoms with E-state index in [-0.39, 0.29) is 10.2 Å². The maximum Gasteiger partial charge on any atom is 0.265 e. The van der Waals surface area contributed by atoms with Gasteiger partial charge in [-0.05, 0) is 15.9 Å². The summed E-state index contributed by atoms with van der Waals surface area (Å²) in [5.74, 6) is -0.899. The van der Waals surface area contributed by atoms with Gasteiger partial charge in [0.05, 0.1) is 12.5 Å². The quantitative estimate of drug-likeness (QED) is 0.771. The maximum absolute atomic E-state index is 13.2. The summed E-state index contributed by atoms with van der Waals surface area (Å²) in [5, 5.41) is 8.34. The van der Waals surface area contributed by atoms with Gasteiger partial charge in [0, 0.05) is 17.3 Å². The number of alkyl halides is 2. The number of rotatable bonds is 2. The molecule has 1 heterocycles. The summed E-state index contributed by atoms with van der Waals surface area (Å²) in [5.41, 5.74) is -0.836. The zero-order chi connectivity index (χ0) is 10.7. The van der Waals surface area contributed by atoms with Crippen molar-refractivity contribution in [3.63, 3.8) is 0 Å². The molecule has 0 saturated carbocycles. The average Bonchev–Trinajstić information content (AvgIpc) is 2.13. The Hall–Kier alpha value is -1.09. The molecule has 0 radical (unpaired) electrons. The SMILES string of the molecule is N#CCc1c(C(F)F)cnc(Br)c1F. The lowest BCUT2D eigenvalue weighted by atomic mass is 10.1. The van der Waals surface area contributed by atoms with E-state index in [2.05, 4.69) is 20.9 Å². The van der Waals surface area contributed by atoms with Crippen molar-refractivity contribution in [3.8, 4) is 6.07 Å². The highest BCUT2D eigenvalue weighted by atomic mass is 79.9. The highest BCUT2D eigenvalue weighted by Gasteiger charge is 2.19. The van der Waals surface area contributed by atoms with Crippen LogP contribution >= 0.6 is 15.9 Å². The Morgan fingerprint density at radius 2 is 2.21 bits per heavy atom. The second-order valence-corrected chi connectivity index (χ2v) is 3.18. The minimum atomic E-state index is -2.83. The first-order chi connectivity index (χ1) is 6.57. The van der Waals surface area contributed by atoms with E-state index in [0.29, 0.717) is 0 Å². The number of pyridine rings is 1. The monoisotopic (exact) mass is 264 g/mol. The van der Waals surface area contributed by atoms with Gasteiger partial charge in [-0.1, -0.05) is 0 Å². The van der Waals surface area contributed by atoms with Gasteiger partial charge in [0.2, 0.25) is 0 Å². The third-order valence-electron chi connectivity index (χ3n) is 1.60. The fraction of sp³-hybridized carbons (Fsp3) is 0.250. The van der Waals surface area contributed by atoms with Crippen molar-refractivity contribution in [1.29, 1.82) is 5.26 Å². The van der Waals surface area contributed by atoms with Gasteiger partial charge < -0.3 is 0 Å². The molecule has 0 bridgehead atoms.